The van der Waals surface area contributed by atoms with Gasteiger partial charge in [0.15, 0.2) is 0 Å². The number of aromatic nitrogens is 4. The van der Waals surface area contributed by atoms with Crippen LogP contribution in [0.15, 0.2) is 79.0 Å². The maximum Gasteiger partial charge on any atom is 2.00 e. The molecule has 6 heteroatoms. The van der Waals surface area contributed by atoms with Crippen molar-refractivity contribution in [3.63, 3.8) is 0 Å². The number of pyridine rings is 1. The maximum absolute atomic E-state index is 6.74. The molecule has 0 aliphatic heterocycles. The van der Waals surface area contributed by atoms with Crippen molar-refractivity contribution in [2.45, 2.75) is 99.8 Å². The summed E-state index contributed by atoms with van der Waals surface area (Å²) in [5, 5.41) is 7.50. The van der Waals surface area contributed by atoms with E-state index < -0.39 is 0 Å². The Morgan fingerprint density at radius 2 is 1.51 bits per heavy atom. The van der Waals surface area contributed by atoms with Crippen LogP contribution in [0.1, 0.15) is 93.1 Å². The SMILES string of the molecule is CCCCc1c(-c2c(C)cc(C)cc2C)c(C)nn1-c1[c-]c(Oc2[c-]c3c(cc2)c2ccccc2n3-c2cc(CCC)ccn2)cc(C(C)(C)C)c1.[Pt+2]. The number of hydrogen-bond acceptors (Lipinski definition) is 3. The van der Waals surface area contributed by atoms with Crippen molar-refractivity contribution in [3.05, 3.63) is 130 Å². The standard InChI is InChI=1S/C47H50N4O.Pt/c1-10-12-17-42-46(45-31(4)23-30(3)24-32(45)5)33(6)49-51(42)36-26-35(47(7,8)9)27-38(28-36)52-37-19-20-40-39-16-13-14-18-41(39)50(43(40)29-37)44-25-34(15-11-2)21-22-48-44;/h13-14,16,18-27H,10-12,15,17H2,1-9H3;/q-2;+2. The van der Waals surface area contributed by atoms with Crippen LogP contribution in [0.5, 0.6) is 11.5 Å². The smallest absolute Gasteiger partial charge is 0.509 e. The van der Waals surface area contributed by atoms with E-state index in [0.717, 1.165) is 76.7 Å². The number of para-hydroxylation sites is 1. The summed E-state index contributed by atoms with van der Waals surface area (Å²) in [5.41, 5.74) is 13.8. The summed E-state index contributed by atoms with van der Waals surface area (Å²) in [6, 6.07) is 33.2. The van der Waals surface area contributed by atoms with Gasteiger partial charge in [-0.3, -0.25) is 4.68 Å². The fourth-order valence-electron chi connectivity index (χ4n) is 7.70. The average Bonchev–Trinajstić information content (AvgIpc) is 3.60. The van der Waals surface area contributed by atoms with Crippen LogP contribution in [-0.4, -0.2) is 19.3 Å². The molecule has 0 saturated carbocycles. The van der Waals surface area contributed by atoms with Crippen molar-refractivity contribution in [1.29, 1.82) is 0 Å². The minimum Gasteiger partial charge on any atom is -0.509 e. The van der Waals surface area contributed by atoms with Crippen molar-refractivity contribution >= 4 is 21.8 Å². The second-order valence-electron chi connectivity index (χ2n) is 15.4. The first-order valence-corrected chi connectivity index (χ1v) is 18.8. The first kappa shape index (κ1) is 38.3. The molecule has 0 amide bonds. The Bertz CT molecular complexity index is 2400. The predicted octanol–water partition coefficient (Wildman–Crippen LogP) is 12.2. The van der Waals surface area contributed by atoms with E-state index in [1.165, 1.54) is 39.1 Å². The summed E-state index contributed by atoms with van der Waals surface area (Å²) in [4.78, 5) is 4.82. The molecule has 274 valence electrons. The van der Waals surface area contributed by atoms with E-state index in [-0.39, 0.29) is 26.5 Å². The van der Waals surface area contributed by atoms with E-state index in [4.69, 9.17) is 14.8 Å². The first-order valence-electron chi connectivity index (χ1n) is 18.8. The summed E-state index contributed by atoms with van der Waals surface area (Å²) < 4.78 is 11.1. The second kappa shape index (κ2) is 15.5. The molecule has 0 bridgehead atoms. The number of rotatable bonds is 10. The van der Waals surface area contributed by atoms with Crippen LogP contribution >= 0.6 is 0 Å². The summed E-state index contributed by atoms with van der Waals surface area (Å²) in [5.74, 6) is 2.16. The Morgan fingerprint density at radius 3 is 2.23 bits per heavy atom. The molecule has 0 atom stereocenters. The number of unbranched alkanes of at least 4 members (excludes halogenated alkanes) is 1. The van der Waals surface area contributed by atoms with Gasteiger partial charge in [0.25, 0.3) is 0 Å². The van der Waals surface area contributed by atoms with E-state index in [2.05, 4.69) is 150 Å². The molecule has 3 aromatic heterocycles. The zero-order chi connectivity index (χ0) is 36.7. The van der Waals surface area contributed by atoms with Gasteiger partial charge in [0.1, 0.15) is 5.82 Å². The molecule has 3 heterocycles. The molecule has 7 rings (SSSR count). The van der Waals surface area contributed by atoms with E-state index in [1.54, 1.807) is 0 Å². The summed E-state index contributed by atoms with van der Waals surface area (Å²) >= 11 is 0. The van der Waals surface area contributed by atoms with Crippen LogP contribution < -0.4 is 4.74 Å². The van der Waals surface area contributed by atoms with Crippen LogP contribution in [0.3, 0.4) is 0 Å². The molecule has 0 unspecified atom stereocenters. The monoisotopic (exact) mass is 881 g/mol. The van der Waals surface area contributed by atoms with Crippen molar-refractivity contribution < 1.29 is 25.8 Å². The molecule has 0 fully saturated rings. The second-order valence-corrected chi connectivity index (χ2v) is 15.4. The third kappa shape index (κ3) is 7.51. The van der Waals surface area contributed by atoms with Gasteiger partial charge in [0, 0.05) is 34.5 Å². The largest absolute Gasteiger partial charge is 2.00 e. The van der Waals surface area contributed by atoms with Gasteiger partial charge in [-0.15, -0.1) is 41.3 Å². The number of ether oxygens (including phenoxy) is 1. The molecule has 0 N–H and O–H groups in total. The van der Waals surface area contributed by atoms with Gasteiger partial charge in [0.2, 0.25) is 0 Å². The number of benzene rings is 4. The van der Waals surface area contributed by atoms with Crippen LogP contribution in [0.2, 0.25) is 0 Å². The van der Waals surface area contributed by atoms with Crippen molar-refractivity contribution in [2.24, 2.45) is 0 Å². The van der Waals surface area contributed by atoms with Gasteiger partial charge in [-0.05, 0) is 104 Å². The van der Waals surface area contributed by atoms with Crippen molar-refractivity contribution in [3.8, 4) is 34.1 Å². The number of nitrogens with zero attached hydrogens (tertiary/aromatic N) is 4. The fraction of sp³-hybridized carbons (Fsp3) is 0.319. The summed E-state index contributed by atoms with van der Waals surface area (Å²) in [6.07, 6.45) is 7.10. The van der Waals surface area contributed by atoms with Crippen LogP contribution in [0.25, 0.3) is 44.4 Å². The number of hydrogen-bond donors (Lipinski definition) is 0. The topological polar surface area (TPSA) is 44.9 Å². The molecule has 5 nitrogen and oxygen atoms in total. The Balaban J connectivity index is 0.00000481. The average molecular weight is 882 g/mol. The predicted molar refractivity (Wildman–Crippen MR) is 216 cm³/mol. The zero-order valence-corrected chi connectivity index (χ0v) is 34.8. The molecule has 4 aromatic carbocycles. The quantitative estimate of drug-likeness (QED) is 0.129. The molecule has 0 aliphatic carbocycles. The van der Waals surface area contributed by atoms with Crippen LogP contribution in [-0.2, 0) is 39.3 Å². The van der Waals surface area contributed by atoms with Gasteiger partial charge in [-0.1, -0.05) is 88.9 Å². The van der Waals surface area contributed by atoms with Crippen molar-refractivity contribution in [1.82, 2.24) is 19.3 Å². The maximum atomic E-state index is 6.74. The van der Waals surface area contributed by atoms with Crippen molar-refractivity contribution in [2.75, 3.05) is 0 Å². The Kier molecular flexibility index (Phi) is 11.2. The van der Waals surface area contributed by atoms with Gasteiger partial charge in [0.05, 0.1) is 5.69 Å². The minimum atomic E-state index is -0.129. The van der Waals surface area contributed by atoms with Gasteiger partial charge in [-0.25, -0.2) is 4.98 Å². The molecule has 0 saturated heterocycles. The van der Waals surface area contributed by atoms with Gasteiger partial charge < -0.3 is 9.30 Å². The first-order chi connectivity index (χ1) is 25.0. The third-order valence-corrected chi connectivity index (χ3v) is 10.1. The van der Waals surface area contributed by atoms with E-state index in [0.29, 0.717) is 11.5 Å². The van der Waals surface area contributed by atoms with Crippen LogP contribution in [0, 0.1) is 39.8 Å². The van der Waals surface area contributed by atoms with E-state index >= 15 is 0 Å². The zero-order valence-electron chi connectivity index (χ0n) is 32.6. The molecule has 53 heavy (non-hydrogen) atoms. The number of aryl methyl sites for hydroxylation is 5. The molecular formula is C47H50N4OPt. The Hall–Kier alpha value is -4.47. The van der Waals surface area contributed by atoms with E-state index in [9.17, 15) is 0 Å². The molecular weight excluding hydrogens is 832 g/mol. The Labute approximate surface area is 329 Å². The molecule has 7 aromatic rings. The van der Waals surface area contributed by atoms with E-state index in [1.807, 2.05) is 12.3 Å². The summed E-state index contributed by atoms with van der Waals surface area (Å²) in [6.45, 7) is 19.9. The van der Waals surface area contributed by atoms with Gasteiger partial charge in [-0.2, -0.15) is 11.2 Å². The molecule has 0 aliphatic rings. The Morgan fingerprint density at radius 1 is 0.755 bits per heavy atom. The fourth-order valence-corrected chi connectivity index (χ4v) is 7.70. The number of fused-ring (bicyclic) bond motifs is 3. The minimum absolute atomic E-state index is 0. The molecule has 0 spiro atoms. The van der Waals surface area contributed by atoms with Gasteiger partial charge >= 0.3 is 21.1 Å². The summed E-state index contributed by atoms with van der Waals surface area (Å²) in [7, 11) is 0. The van der Waals surface area contributed by atoms with Crippen LogP contribution in [0.4, 0.5) is 0 Å². The normalized spacial score (nSPS) is 11.7. The third-order valence-electron chi connectivity index (χ3n) is 10.1. The molecule has 0 radical (unpaired) electrons.